The number of aryl methyl sites for hydroxylation is 2. The van der Waals surface area contributed by atoms with E-state index in [4.69, 9.17) is 0 Å². The van der Waals surface area contributed by atoms with Crippen molar-refractivity contribution in [3.63, 3.8) is 0 Å². The fraction of sp³-hybridized carbons (Fsp3) is 0.474. The first-order valence-corrected chi connectivity index (χ1v) is 10.1. The minimum Gasteiger partial charge on any atom is -0.325 e. The van der Waals surface area contributed by atoms with E-state index in [0.29, 0.717) is 11.7 Å². The molecule has 1 aromatic heterocycles. The number of rotatable bonds is 6. The van der Waals surface area contributed by atoms with E-state index >= 15 is 0 Å². The van der Waals surface area contributed by atoms with Gasteiger partial charge in [-0.25, -0.2) is 4.98 Å². The number of nitro groups is 1. The predicted molar refractivity (Wildman–Crippen MR) is 106 cm³/mol. The highest BCUT2D eigenvalue weighted by molar-refractivity contribution is 7.99. The van der Waals surface area contributed by atoms with E-state index in [0.717, 1.165) is 29.3 Å². The third-order valence-corrected chi connectivity index (χ3v) is 6.04. The molecule has 27 heavy (non-hydrogen) atoms. The quantitative estimate of drug-likeness (QED) is 0.445. The summed E-state index contributed by atoms with van der Waals surface area (Å²) < 4.78 is 2.28. The van der Waals surface area contributed by atoms with Gasteiger partial charge in [0.2, 0.25) is 5.91 Å². The number of amides is 1. The van der Waals surface area contributed by atoms with Crippen molar-refractivity contribution in [2.24, 2.45) is 0 Å². The van der Waals surface area contributed by atoms with Crippen LogP contribution in [0.2, 0.25) is 0 Å². The summed E-state index contributed by atoms with van der Waals surface area (Å²) >= 11 is 1.42. The number of hydrogen-bond acceptors (Lipinski definition) is 5. The molecule has 0 radical (unpaired) electrons. The summed E-state index contributed by atoms with van der Waals surface area (Å²) in [6, 6.07) is 4.94. The minimum absolute atomic E-state index is 0.0356. The van der Waals surface area contributed by atoms with Crippen LogP contribution in [0, 0.1) is 30.9 Å². The Balaban J connectivity index is 1.69. The van der Waals surface area contributed by atoms with Gasteiger partial charge < -0.3 is 9.88 Å². The fourth-order valence-corrected chi connectivity index (χ4v) is 4.42. The summed E-state index contributed by atoms with van der Waals surface area (Å²) in [7, 11) is 0. The second-order valence-corrected chi connectivity index (χ2v) is 7.91. The molecule has 0 unspecified atom stereocenters. The molecule has 0 spiro atoms. The Morgan fingerprint density at radius 2 is 2.04 bits per heavy atom. The number of hydrogen-bond donors (Lipinski definition) is 1. The van der Waals surface area contributed by atoms with E-state index < -0.39 is 4.92 Å². The van der Waals surface area contributed by atoms with E-state index in [2.05, 4.69) is 21.8 Å². The van der Waals surface area contributed by atoms with Gasteiger partial charge in [0.25, 0.3) is 5.69 Å². The lowest BCUT2D eigenvalue weighted by atomic mass is 10.2. The van der Waals surface area contributed by atoms with Crippen LogP contribution in [-0.2, 0) is 4.79 Å². The van der Waals surface area contributed by atoms with E-state index in [1.165, 1.54) is 42.4 Å². The zero-order valence-corrected chi connectivity index (χ0v) is 16.6. The molecule has 0 aliphatic heterocycles. The molecule has 3 rings (SSSR count). The number of benzene rings is 1. The number of carbonyl (C=O) groups is 1. The lowest BCUT2D eigenvalue weighted by Gasteiger charge is -2.17. The van der Waals surface area contributed by atoms with Crippen molar-refractivity contribution in [3.8, 4) is 0 Å². The lowest BCUT2D eigenvalue weighted by molar-refractivity contribution is -0.384. The van der Waals surface area contributed by atoms with E-state index in [9.17, 15) is 14.9 Å². The molecule has 1 heterocycles. The smallest absolute Gasteiger partial charge is 0.271 e. The Kier molecular flexibility index (Phi) is 5.84. The van der Waals surface area contributed by atoms with E-state index in [1.54, 1.807) is 6.07 Å². The monoisotopic (exact) mass is 388 g/mol. The molecule has 1 fully saturated rings. The van der Waals surface area contributed by atoms with Crippen LogP contribution in [0.4, 0.5) is 11.4 Å². The van der Waals surface area contributed by atoms with Gasteiger partial charge in [-0.3, -0.25) is 14.9 Å². The van der Waals surface area contributed by atoms with Crippen molar-refractivity contribution in [1.29, 1.82) is 0 Å². The number of nitrogens with one attached hydrogen (secondary N) is 1. The summed E-state index contributed by atoms with van der Waals surface area (Å²) in [6.45, 7) is 5.89. The topological polar surface area (TPSA) is 90.1 Å². The van der Waals surface area contributed by atoms with Crippen LogP contribution in [0.25, 0.3) is 0 Å². The first-order chi connectivity index (χ1) is 12.9. The number of nitrogens with zero attached hydrogens (tertiary/aromatic N) is 3. The summed E-state index contributed by atoms with van der Waals surface area (Å²) in [6.07, 6.45) is 4.78. The van der Waals surface area contributed by atoms with Crippen molar-refractivity contribution in [2.45, 2.75) is 57.7 Å². The lowest BCUT2D eigenvalue weighted by Crippen LogP contribution is -2.16. The Bertz CT molecular complexity index is 872. The zero-order chi connectivity index (χ0) is 19.6. The van der Waals surface area contributed by atoms with Crippen molar-refractivity contribution in [1.82, 2.24) is 9.55 Å². The van der Waals surface area contributed by atoms with Gasteiger partial charge in [-0.2, -0.15) is 0 Å². The molecule has 1 aliphatic carbocycles. The van der Waals surface area contributed by atoms with Gasteiger partial charge in [0.15, 0.2) is 5.16 Å². The van der Waals surface area contributed by atoms with Crippen LogP contribution >= 0.6 is 11.8 Å². The third kappa shape index (κ3) is 4.32. The van der Waals surface area contributed by atoms with Crippen LogP contribution in [-0.4, -0.2) is 26.1 Å². The number of nitro benzene ring substituents is 1. The third-order valence-electron chi connectivity index (χ3n) is 5.08. The molecule has 2 aromatic rings. The first-order valence-electron chi connectivity index (χ1n) is 9.10. The van der Waals surface area contributed by atoms with Gasteiger partial charge in [0.05, 0.1) is 22.1 Å². The van der Waals surface area contributed by atoms with Crippen LogP contribution in [0.15, 0.2) is 23.4 Å². The number of aromatic nitrogens is 2. The van der Waals surface area contributed by atoms with Gasteiger partial charge in [0.1, 0.15) is 0 Å². The maximum absolute atomic E-state index is 12.4. The van der Waals surface area contributed by atoms with E-state index in [-0.39, 0.29) is 17.3 Å². The van der Waals surface area contributed by atoms with Gasteiger partial charge in [-0.1, -0.05) is 30.7 Å². The summed E-state index contributed by atoms with van der Waals surface area (Å²) in [4.78, 5) is 27.5. The number of imidazole rings is 1. The Morgan fingerprint density at radius 1 is 1.33 bits per heavy atom. The van der Waals surface area contributed by atoms with Crippen molar-refractivity contribution >= 4 is 29.0 Å². The second kappa shape index (κ2) is 8.12. The molecule has 1 saturated carbocycles. The Labute approximate surface area is 162 Å². The number of thioether (sulfide) groups is 1. The average Bonchev–Trinajstić information content (AvgIpc) is 3.23. The highest BCUT2D eigenvalue weighted by Crippen LogP contribution is 2.35. The largest absolute Gasteiger partial charge is 0.325 e. The molecule has 0 atom stereocenters. The molecular formula is C19H24N4O3S. The van der Waals surface area contributed by atoms with Crippen LogP contribution in [0.3, 0.4) is 0 Å². The highest BCUT2D eigenvalue weighted by Gasteiger charge is 2.23. The fourth-order valence-electron chi connectivity index (χ4n) is 3.46. The molecular weight excluding hydrogens is 364 g/mol. The molecule has 8 heteroatoms. The van der Waals surface area contributed by atoms with Gasteiger partial charge >= 0.3 is 0 Å². The molecule has 144 valence electrons. The zero-order valence-electron chi connectivity index (χ0n) is 15.8. The number of carbonyl (C=O) groups excluding carboxylic acids is 1. The molecule has 1 N–H and O–H groups in total. The summed E-state index contributed by atoms with van der Waals surface area (Å²) in [5, 5.41) is 14.6. The standard InChI is InChI=1S/C19H24N4O3S/c1-12-8-9-16(23(25)26)10-17(12)21-18(24)11-27-19-20-13(2)14(3)22(19)15-6-4-5-7-15/h8-10,15H,4-7,11H2,1-3H3,(H,21,24). The van der Waals surface area contributed by atoms with Gasteiger partial charge in [-0.15, -0.1) is 0 Å². The molecule has 0 saturated heterocycles. The number of anilines is 1. The van der Waals surface area contributed by atoms with E-state index in [1.807, 2.05) is 13.8 Å². The van der Waals surface area contributed by atoms with Crippen molar-refractivity contribution < 1.29 is 9.72 Å². The Hall–Kier alpha value is -2.35. The SMILES string of the molecule is Cc1ccc([N+](=O)[O-])cc1NC(=O)CSc1nc(C)c(C)n1C1CCCC1. The van der Waals surface area contributed by atoms with Crippen molar-refractivity contribution in [3.05, 3.63) is 45.3 Å². The maximum atomic E-state index is 12.4. The van der Waals surface area contributed by atoms with Crippen molar-refractivity contribution in [2.75, 3.05) is 11.1 Å². The predicted octanol–water partition coefficient (Wildman–Crippen LogP) is 4.56. The molecule has 0 bridgehead atoms. The Morgan fingerprint density at radius 3 is 2.70 bits per heavy atom. The normalized spacial score (nSPS) is 14.5. The maximum Gasteiger partial charge on any atom is 0.271 e. The molecule has 1 aliphatic rings. The minimum atomic E-state index is -0.464. The van der Waals surface area contributed by atoms with Crippen LogP contribution in [0.5, 0.6) is 0 Å². The van der Waals surface area contributed by atoms with Gasteiger partial charge in [-0.05, 0) is 39.2 Å². The van der Waals surface area contributed by atoms with Crippen LogP contribution < -0.4 is 5.32 Å². The van der Waals surface area contributed by atoms with Gasteiger partial charge in [0, 0.05) is 23.9 Å². The summed E-state index contributed by atoms with van der Waals surface area (Å²) in [5.74, 6) is 0.0185. The first kappa shape index (κ1) is 19.4. The average molecular weight is 388 g/mol. The number of non-ortho nitro benzene ring substituents is 1. The molecule has 1 amide bonds. The summed E-state index contributed by atoms with van der Waals surface area (Å²) in [5.41, 5.74) is 3.39. The molecule has 7 nitrogen and oxygen atoms in total. The molecule has 1 aromatic carbocycles. The second-order valence-electron chi connectivity index (χ2n) is 6.97. The van der Waals surface area contributed by atoms with Crippen LogP contribution in [0.1, 0.15) is 48.7 Å². The highest BCUT2D eigenvalue weighted by atomic mass is 32.2.